The van der Waals surface area contributed by atoms with E-state index in [9.17, 15) is 10.2 Å². The standard InChI is InChI=1S/2C23H28O/c1-16(13-17-9-7-6-8-10-17)18-11-12-19-20(14-18)22(2,3)15-21(24)23(19,4)5;1-16(13-17-9-7-6-8-10-17)18-11-12-19-20(14-18)23(4,5)21(24)15-22(19,2)3/h2*6-14,21,24H,15H2,1-5H3. The number of fused-ring (bicyclic) bond motifs is 2. The molecule has 0 spiro atoms. The van der Waals surface area contributed by atoms with Crippen LogP contribution in [0, 0.1) is 0 Å². The Labute approximate surface area is 290 Å². The van der Waals surface area contributed by atoms with Crippen molar-refractivity contribution in [2.45, 2.75) is 116 Å². The van der Waals surface area contributed by atoms with Gasteiger partial charge in [0.1, 0.15) is 0 Å². The topological polar surface area (TPSA) is 40.5 Å². The SMILES string of the molecule is CC(=Cc1ccccc1)c1ccc2c(c1)C(C)(C)C(O)CC2(C)C.CC(=Cc1ccccc1)c1ccc2c(c1)C(C)(C)CC(O)C2(C)C. The van der Waals surface area contributed by atoms with Gasteiger partial charge in [0.25, 0.3) is 0 Å². The fraction of sp³-hybridized carbons (Fsp3) is 0.391. The normalized spacial score (nSPS) is 22.1. The summed E-state index contributed by atoms with van der Waals surface area (Å²) in [4.78, 5) is 0. The van der Waals surface area contributed by atoms with Crippen molar-refractivity contribution in [3.05, 3.63) is 142 Å². The van der Waals surface area contributed by atoms with Crippen LogP contribution in [0.25, 0.3) is 23.3 Å². The second kappa shape index (κ2) is 13.3. The minimum Gasteiger partial charge on any atom is -0.392 e. The van der Waals surface area contributed by atoms with Gasteiger partial charge in [-0.2, -0.15) is 0 Å². The molecule has 2 atom stereocenters. The lowest BCUT2D eigenvalue weighted by Crippen LogP contribution is -2.45. The van der Waals surface area contributed by atoms with Crippen molar-refractivity contribution >= 4 is 23.3 Å². The van der Waals surface area contributed by atoms with E-state index in [0.29, 0.717) is 0 Å². The van der Waals surface area contributed by atoms with Crippen LogP contribution in [0.15, 0.2) is 97.1 Å². The Balaban J connectivity index is 0.000000188. The maximum atomic E-state index is 10.7. The number of aliphatic hydroxyl groups is 2. The zero-order valence-electron chi connectivity index (χ0n) is 30.9. The fourth-order valence-corrected chi connectivity index (χ4v) is 7.65. The molecule has 2 N–H and O–H groups in total. The Bertz CT molecular complexity index is 1800. The monoisotopic (exact) mass is 640 g/mol. The minimum atomic E-state index is -0.311. The molecule has 4 aromatic carbocycles. The van der Waals surface area contributed by atoms with Crippen molar-refractivity contribution in [2.75, 3.05) is 0 Å². The molecule has 0 saturated carbocycles. The van der Waals surface area contributed by atoms with E-state index < -0.39 is 0 Å². The van der Waals surface area contributed by atoms with Crippen LogP contribution in [0.3, 0.4) is 0 Å². The van der Waals surface area contributed by atoms with Crippen molar-refractivity contribution in [1.29, 1.82) is 0 Å². The van der Waals surface area contributed by atoms with E-state index in [-0.39, 0.29) is 33.9 Å². The number of allylic oxidation sites excluding steroid dienone is 2. The van der Waals surface area contributed by atoms with Crippen LogP contribution in [-0.2, 0) is 21.7 Å². The van der Waals surface area contributed by atoms with E-state index in [1.807, 2.05) is 12.1 Å². The molecule has 48 heavy (non-hydrogen) atoms. The lowest BCUT2D eigenvalue weighted by atomic mass is 9.61. The van der Waals surface area contributed by atoms with Gasteiger partial charge in [0.15, 0.2) is 0 Å². The van der Waals surface area contributed by atoms with Gasteiger partial charge in [-0.05, 0) is 93.2 Å². The third kappa shape index (κ3) is 7.16. The van der Waals surface area contributed by atoms with Crippen LogP contribution in [0.1, 0.15) is 127 Å². The van der Waals surface area contributed by atoms with Gasteiger partial charge in [0, 0.05) is 10.8 Å². The molecule has 0 saturated heterocycles. The first kappa shape index (κ1) is 35.6. The highest BCUT2D eigenvalue weighted by Gasteiger charge is 2.44. The summed E-state index contributed by atoms with van der Waals surface area (Å²) in [6.45, 7) is 21.9. The zero-order valence-corrected chi connectivity index (χ0v) is 30.9. The Morgan fingerprint density at radius 3 is 1.33 bits per heavy atom. The molecule has 0 aliphatic heterocycles. The quantitative estimate of drug-likeness (QED) is 0.218. The van der Waals surface area contributed by atoms with E-state index in [2.05, 4.69) is 166 Å². The Hall–Kier alpha value is -3.72. The van der Waals surface area contributed by atoms with Gasteiger partial charge in [-0.1, -0.05) is 165 Å². The van der Waals surface area contributed by atoms with Gasteiger partial charge in [0.05, 0.1) is 12.2 Å². The summed E-state index contributed by atoms with van der Waals surface area (Å²) in [6, 6.07) is 34.4. The molecule has 2 aliphatic carbocycles. The molecular formula is C46H56O2. The van der Waals surface area contributed by atoms with E-state index in [1.165, 1.54) is 55.7 Å². The first-order chi connectivity index (χ1) is 22.4. The Morgan fingerprint density at radius 2 is 0.875 bits per heavy atom. The van der Waals surface area contributed by atoms with Crippen LogP contribution >= 0.6 is 0 Å². The molecule has 2 heteroatoms. The van der Waals surface area contributed by atoms with Gasteiger partial charge in [0.2, 0.25) is 0 Å². The number of aliphatic hydroxyl groups excluding tert-OH is 2. The highest BCUT2D eigenvalue weighted by atomic mass is 16.3. The van der Waals surface area contributed by atoms with Crippen molar-refractivity contribution in [3.8, 4) is 0 Å². The average Bonchev–Trinajstić information content (AvgIpc) is 3.04. The molecule has 2 nitrogen and oxygen atoms in total. The third-order valence-electron chi connectivity index (χ3n) is 11.2. The lowest BCUT2D eigenvalue weighted by molar-refractivity contribution is 0.0581. The predicted octanol–water partition coefficient (Wildman–Crippen LogP) is 11.1. The zero-order chi connectivity index (χ0) is 35.1. The van der Waals surface area contributed by atoms with Crippen molar-refractivity contribution < 1.29 is 10.2 Å². The fourth-order valence-electron chi connectivity index (χ4n) is 7.65. The van der Waals surface area contributed by atoms with Gasteiger partial charge in [-0.3, -0.25) is 0 Å². The molecule has 6 rings (SSSR count). The number of rotatable bonds is 4. The highest BCUT2D eigenvalue weighted by Crippen LogP contribution is 2.48. The maximum absolute atomic E-state index is 10.7. The van der Waals surface area contributed by atoms with E-state index in [4.69, 9.17) is 0 Å². The second-order valence-corrected chi connectivity index (χ2v) is 16.6. The molecule has 0 bridgehead atoms. The Morgan fingerprint density at radius 1 is 0.500 bits per heavy atom. The largest absolute Gasteiger partial charge is 0.392 e. The maximum Gasteiger partial charge on any atom is 0.0639 e. The molecule has 252 valence electrons. The van der Waals surface area contributed by atoms with Crippen molar-refractivity contribution in [3.63, 3.8) is 0 Å². The summed E-state index contributed by atoms with van der Waals surface area (Å²) in [5.41, 5.74) is 12.4. The number of hydrogen-bond donors (Lipinski definition) is 2. The first-order valence-corrected chi connectivity index (χ1v) is 17.6. The summed E-state index contributed by atoms with van der Waals surface area (Å²) in [5.74, 6) is 0. The van der Waals surface area contributed by atoms with Crippen LogP contribution in [0.4, 0.5) is 0 Å². The lowest BCUT2D eigenvalue weighted by Gasteiger charge is -2.45. The van der Waals surface area contributed by atoms with E-state index in [0.717, 1.165) is 12.8 Å². The Kier molecular flexibility index (Phi) is 9.86. The van der Waals surface area contributed by atoms with Crippen LogP contribution in [0.2, 0.25) is 0 Å². The molecule has 2 aliphatic rings. The molecule has 0 amide bonds. The molecule has 0 heterocycles. The van der Waals surface area contributed by atoms with Gasteiger partial charge in [-0.15, -0.1) is 0 Å². The molecule has 2 unspecified atom stereocenters. The summed E-state index contributed by atoms with van der Waals surface area (Å²) >= 11 is 0. The average molecular weight is 641 g/mol. The summed E-state index contributed by atoms with van der Waals surface area (Å²) in [5, 5.41) is 21.3. The molecule has 0 fully saturated rings. The highest BCUT2D eigenvalue weighted by molar-refractivity contribution is 5.81. The van der Waals surface area contributed by atoms with Crippen LogP contribution in [0.5, 0.6) is 0 Å². The summed E-state index contributed by atoms with van der Waals surface area (Å²) in [6.07, 6.45) is 5.46. The predicted molar refractivity (Wildman–Crippen MR) is 206 cm³/mol. The van der Waals surface area contributed by atoms with Crippen LogP contribution < -0.4 is 0 Å². The van der Waals surface area contributed by atoms with Gasteiger partial charge < -0.3 is 10.2 Å². The summed E-state index contributed by atoms with van der Waals surface area (Å²) in [7, 11) is 0. The summed E-state index contributed by atoms with van der Waals surface area (Å²) < 4.78 is 0. The van der Waals surface area contributed by atoms with Gasteiger partial charge in [-0.25, -0.2) is 0 Å². The first-order valence-electron chi connectivity index (χ1n) is 17.6. The van der Waals surface area contributed by atoms with Crippen molar-refractivity contribution in [2.24, 2.45) is 0 Å². The minimum absolute atomic E-state index is 0.00664. The smallest absolute Gasteiger partial charge is 0.0639 e. The van der Waals surface area contributed by atoms with Gasteiger partial charge >= 0.3 is 0 Å². The van der Waals surface area contributed by atoms with E-state index in [1.54, 1.807) is 0 Å². The molecular weight excluding hydrogens is 585 g/mol. The molecule has 4 aromatic rings. The number of benzene rings is 4. The van der Waals surface area contributed by atoms with Crippen LogP contribution in [-0.4, -0.2) is 22.4 Å². The molecule has 0 radical (unpaired) electrons. The number of hydrogen-bond acceptors (Lipinski definition) is 2. The van der Waals surface area contributed by atoms with Crippen molar-refractivity contribution in [1.82, 2.24) is 0 Å². The van der Waals surface area contributed by atoms with E-state index >= 15 is 0 Å². The third-order valence-corrected chi connectivity index (χ3v) is 11.2. The molecule has 0 aromatic heterocycles. The second-order valence-electron chi connectivity index (χ2n) is 16.6.